The Labute approximate surface area is 118 Å². The van der Waals surface area contributed by atoms with Crippen molar-refractivity contribution in [2.75, 3.05) is 39.3 Å². The number of carbonyl (C=O) groups excluding carboxylic acids is 1. The summed E-state index contributed by atoms with van der Waals surface area (Å²) in [6.07, 6.45) is 1.41. The Morgan fingerprint density at radius 3 is 2.65 bits per heavy atom. The van der Waals surface area contributed by atoms with Gasteiger partial charge in [-0.2, -0.15) is 9.40 Å². The van der Waals surface area contributed by atoms with Crippen LogP contribution < -0.4 is 5.32 Å². The van der Waals surface area contributed by atoms with E-state index in [2.05, 4.69) is 15.5 Å². The van der Waals surface area contributed by atoms with E-state index in [0.717, 1.165) is 0 Å². The number of aromatic nitrogens is 2. The molecule has 1 aromatic heterocycles. The fraction of sp³-hybridized carbons (Fsp3) is 0.636. The van der Waals surface area contributed by atoms with Gasteiger partial charge in [0.1, 0.15) is 0 Å². The van der Waals surface area contributed by atoms with Crippen molar-refractivity contribution < 1.29 is 13.2 Å². The minimum Gasteiger partial charge on any atom is -0.355 e. The second-order valence-corrected chi connectivity index (χ2v) is 6.46. The lowest BCUT2D eigenvalue weighted by atomic mass is 10.3. The number of aromatic amines is 1. The van der Waals surface area contributed by atoms with E-state index in [1.165, 1.54) is 16.6 Å². The summed E-state index contributed by atoms with van der Waals surface area (Å²) in [7, 11) is -3.49. The van der Waals surface area contributed by atoms with Crippen LogP contribution in [0, 0.1) is 0 Å². The number of sulfonamides is 1. The van der Waals surface area contributed by atoms with Gasteiger partial charge < -0.3 is 5.32 Å². The van der Waals surface area contributed by atoms with Crippen molar-refractivity contribution in [1.82, 2.24) is 24.7 Å². The van der Waals surface area contributed by atoms with E-state index in [1.807, 2.05) is 11.8 Å². The van der Waals surface area contributed by atoms with Crippen LogP contribution in [0.3, 0.4) is 0 Å². The highest BCUT2D eigenvalue weighted by Crippen LogP contribution is 2.14. The van der Waals surface area contributed by atoms with Crippen LogP contribution in [0.4, 0.5) is 0 Å². The van der Waals surface area contributed by atoms with Crippen LogP contribution >= 0.6 is 0 Å². The number of hydrogen-bond donors (Lipinski definition) is 2. The summed E-state index contributed by atoms with van der Waals surface area (Å²) in [4.78, 5) is 13.4. The van der Waals surface area contributed by atoms with Gasteiger partial charge in [0.2, 0.25) is 5.91 Å². The molecule has 0 unspecified atom stereocenters. The normalized spacial score (nSPS) is 18.1. The van der Waals surface area contributed by atoms with Crippen molar-refractivity contribution in [3.8, 4) is 0 Å². The number of hydrogen-bond acceptors (Lipinski definition) is 5. The second kappa shape index (κ2) is 6.33. The van der Waals surface area contributed by atoms with E-state index in [1.54, 1.807) is 0 Å². The molecule has 0 radical (unpaired) electrons. The van der Waals surface area contributed by atoms with Crippen LogP contribution in [0.15, 0.2) is 17.3 Å². The van der Waals surface area contributed by atoms with Gasteiger partial charge in [0, 0.05) is 32.7 Å². The lowest BCUT2D eigenvalue weighted by Gasteiger charge is -2.33. The molecule has 112 valence electrons. The third-order valence-electron chi connectivity index (χ3n) is 3.17. The zero-order valence-electron chi connectivity index (χ0n) is 11.4. The summed E-state index contributed by atoms with van der Waals surface area (Å²) in [6, 6.07) is 1.44. The van der Waals surface area contributed by atoms with Gasteiger partial charge in [0.15, 0.2) is 5.03 Å². The van der Waals surface area contributed by atoms with Gasteiger partial charge in [-0.3, -0.25) is 14.8 Å². The topological polar surface area (TPSA) is 98.4 Å². The molecular formula is C11H19N5O3S. The number of rotatable bonds is 5. The van der Waals surface area contributed by atoms with E-state index in [0.29, 0.717) is 39.3 Å². The van der Waals surface area contributed by atoms with Crippen LogP contribution in [-0.4, -0.2) is 73.0 Å². The summed E-state index contributed by atoms with van der Waals surface area (Å²) in [5.41, 5.74) is 0. The lowest BCUT2D eigenvalue weighted by Crippen LogP contribution is -2.51. The predicted molar refractivity (Wildman–Crippen MR) is 72.5 cm³/mol. The van der Waals surface area contributed by atoms with Gasteiger partial charge in [0.05, 0.1) is 12.7 Å². The van der Waals surface area contributed by atoms with Gasteiger partial charge in [-0.15, -0.1) is 0 Å². The summed E-state index contributed by atoms with van der Waals surface area (Å²) in [6.45, 7) is 4.63. The molecule has 1 aliphatic rings. The number of piperazine rings is 1. The Morgan fingerprint density at radius 1 is 1.40 bits per heavy atom. The Hall–Kier alpha value is -1.45. The third kappa shape index (κ3) is 3.35. The molecule has 0 atom stereocenters. The number of carbonyl (C=O) groups is 1. The monoisotopic (exact) mass is 301 g/mol. The van der Waals surface area contributed by atoms with E-state index < -0.39 is 10.0 Å². The number of likely N-dealkylation sites (N-methyl/N-ethyl adjacent to an activating group) is 1. The van der Waals surface area contributed by atoms with Crippen molar-refractivity contribution in [1.29, 1.82) is 0 Å². The Morgan fingerprint density at radius 2 is 2.10 bits per heavy atom. The maximum atomic E-state index is 12.2. The highest BCUT2D eigenvalue weighted by molar-refractivity contribution is 7.89. The second-order valence-electron chi connectivity index (χ2n) is 4.55. The first-order valence-electron chi connectivity index (χ1n) is 6.52. The maximum absolute atomic E-state index is 12.2. The average molecular weight is 301 g/mol. The van der Waals surface area contributed by atoms with E-state index in [4.69, 9.17) is 0 Å². The van der Waals surface area contributed by atoms with Crippen molar-refractivity contribution in [3.05, 3.63) is 12.3 Å². The van der Waals surface area contributed by atoms with Gasteiger partial charge >= 0.3 is 0 Å². The zero-order valence-corrected chi connectivity index (χ0v) is 12.2. The standard InChI is InChI=1S/C11H19N5O3S/c1-2-12-10(17)9-15-5-7-16(8-6-15)20(18,19)11-3-4-13-14-11/h3-4H,2,5-9H2,1H3,(H,12,17)(H,13,14). The minimum atomic E-state index is -3.49. The molecule has 0 spiro atoms. The first-order chi connectivity index (χ1) is 9.54. The smallest absolute Gasteiger partial charge is 0.260 e. The molecule has 0 saturated carbocycles. The lowest BCUT2D eigenvalue weighted by molar-refractivity contribution is -0.122. The molecule has 1 saturated heterocycles. The number of nitrogens with zero attached hydrogens (tertiary/aromatic N) is 3. The first kappa shape index (κ1) is 14.9. The molecular weight excluding hydrogens is 282 g/mol. The minimum absolute atomic E-state index is 0.0302. The highest BCUT2D eigenvalue weighted by atomic mass is 32.2. The molecule has 1 aromatic rings. The average Bonchev–Trinajstić information content (AvgIpc) is 2.94. The van der Waals surface area contributed by atoms with Crippen molar-refractivity contribution in [2.45, 2.75) is 11.9 Å². The van der Waals surface area contributed by atoms with Crippen molar-refractivity contribution in [2.24, 2.45) is 0 Å². The SMILES string of the molecule is CCNC(=O)CN1CCN(S(=O)(=O)c2ccn[nH]2)CC1. The largest absolute Gasteiger partial charge is 0.355 e. The van der Waals surface area contributed by atoms with Gasteiger partial charge in [-0.05, 0) is 13.0 Å². The third-order valence-corrected chi connectivity index (χ3v) is 4.99. The first-order valence-corrected chi connectivity index (χ1v) is 7.96. The fourth-order valence-corrected chi connectivity index (χ4v) is 3.43. The van der Waals surface area contributed by atoms with Crippen LogP contribution in [0.1, 0.15) is 6.92 Å². The molecule has 0 aliphatic carbocycles. The van der Waals surface area contributed by atoms with Gasteiger partial charge in [-0.25, -0.2) is 8.42 Å². The van der Waals surface area contributed by atoms with Crippen LogP contribution in [-0.2, 0) is 14.8 Å². The van der Waals surface area contributed by atoms with E-state index >= 15 is 0 Å². The van der Waals surface area contributed by atoms with E-state index in [9.17, 15) is 13.2 Å². The van der Waals surface area contributed by atoms with E-state index in [-0.39, 0.29) is 10.9 Å². The molecule has 2 rings (SSSR count). The molecule has 2 heterocycles. The summed E-state index contributed by atoms with van der Waals surface area (Å²) >= 11 is 0. The molecule has 1 aliphatic heterocycles. The highest BCUT2D eigenvalue weighted by Gasteiger charge is 2.29. The van der Waals surface area contributed by atoms with Gasteiger partial charge in [0.25, 0.3) is 10.0 Å². The predicted octanol–water partition coefficient (Wildman–Crippen LogP) is -1.15. The number of nitrogens with one attached hydrogen (secondary N) is 2. The molecule has 8 nitrogen and oxygen atoms in total. The molecule has 9 heteroatoms. The van der Waals surface area contributed by atoms with Crippen LogP contribution in [0.2, 0.25) is 0 Å². The maximum Gasteiger partial charge on any atom is 0.260 e. The molecule has 0 aromatic carbocycles. The summed E-state index contributed by atoms with van der Waals surface area (Å²) in [5.74, 6) is -0.0302. The molecule has 2 N–H and O–H groups in total. The quantitative estimate of drug-likeness (QED) is 0.716. The Kier molecular flexibility index (Phi) is 4.73. The zero-order chi connectivity index (χ0) is 14.6. The van der Waals surface area contributed by atoms with Gasteiger partial charge in [-0.1, -0.05) is 0 Å². The van der Waals surface area contributed by atoms with Crippen molar-refractivity contribution >= 4 is 15.9 Å². The van der Waals surface area contributed by atoms with Crippen LogP contribution in [0.5, 0.6) is 0 Å². The number of H-pyrrole nitrogens is 1. The summed E-state index contributed by atoms with van der Waals surface area (Å²) in [5, 5.41) is 8.98. The Balaban J connectivity index is 1.90. The molecule has 20 heavy (non-hydrogen) atoms. The molecule has 1 fully saturated rings. The molecule has 1 amide bonds. The van der Waals surface area contributed by atoms with Crippen LogP contribution in [0.25, 0.3) is 0 Å². The van der Waals surface area contributed by atoms with Crippen molar-refractivity contribution in [3.63, 3.8) is 0 Å². The fourth-order valence-electron chi connectivity index (χ4n) is 2.11. The summed E-state index contributed by atoms with van der Waals surface area (Å²) < 4.78 is 25.9. The molecule has 0 bridgehead atoms. The Bertz CT molecular complexity index is 534. The number of amides is 1.